The quantitative estimate of drug-likeness (QED) is 0.782. The molecule has 1 aromatic heterocycles. The number of fused-ring (bicyclic) bond motifs is 1. The number of hydrogen-bond donors (Lipinski definition) is 1. The number of hydrogen-bond acceptors (Lipinski definition) is 4. The van der Waals surface area contributed by atoms with Gasteiger partial charge in [-0.2, -0.15) is 10.1 Å². The maximum atomic E-state index is 13.3. The molecular formula is C19H19FN4O. The number of benzene rings is 2. The second-order valence-electron chi connectivity index (χ2n) is 6.00. The molecule has 4 rings (SSSR count). The van der Waals surface area contributed by atoms with Crippen LogP contribution in [0.5, 0.6) is 5.75 Å². The van der Waals surface area contributed by atoms with Crippen molar-refractivity contribution in [2.45, 2.75) is 25.4 Å². The van der Waals surface area contributed by atoms with Crippen LogP contribution in [0.1, 0.15) is 36.6 Å². The average molecular weight is 338 g/mol. The lowest BCUT2D eigenvalue weighted by Crippen LogP contribution is -2.28. The Morgan fingerprint density at radius 3 is 2.80 bits per heavy atom. The predicted octanol–water partition coefficient (Wildman–Crippen LogP) is 3.96. The van der Waals surface area contributed by atoms with Crippen LogP contribution in [0.2, 0.25) is 0 Å². The van der Waals surface area contributed by atoms with Gasteiger partial charge in [-0.15, -0.1) is 0 Å². The fourth-order valence-electron chi connectivity index (χ4n) is 3.34. The fraction of sp³-hybridized carbons (Fsp3) is 0.263. The Balaban J connectivity index is 1.74. The number of halogens is 1. The van der Waals surface area contributed by atoms with Crippen molar-refractivity contribution in [1.29, 1.82) is 0 Å². The summed E-state index contributed by atoms with van der Waals surface area (Å²) in [6.45, 7) is 2.58. The molecule has 2 heterocycles. The summed E-state index contributed by atoms with van der Waals surface area (Å²) in [4.78, 5) is 4.33. The maximum Gasteiger partial charge on any atom is 0.222 e. The molecule has 5 nitrogen and oxygen atoms in total. The molecule has 0 spiro atoms. The van der Waals surface area contributed by atoms with Gasteiger partial charge < -0.3 is 10.1 Å². The normalized spacial score (nSPS) is 19.1. The molecule has 1 aliphatic heterocycles. The lowest BCUT2D eigenvalue weighted by molar-refractivity contribution is 0.325. The number of nitrogens with zero attached hydrogens (tertiary/aromatic N) is 3. The van der Waals surface area contributed by atoms with E-state index in [9.17, 15) is 4.39 Å². The van der Waals surface area contributed by atoms with Crippen LogP contribution in [0.15, 0.2) is 54.9 Å². The third kappa shape index (κ3) is 2.95. The van der Waals surface area contributed by atoms with Gasteiger partial charge in [0, 0.05) is 5.56 Å². The van der Waals surface area contributed by atoms with Gasteiger partial charge in [-0.05, 0) is 37.1 Å². The Kier molecular flexibility index (Phi) is 4.09. The Morgan fingerprint density at radius 2 is 2.00 bits per heavy atom. The SMILES string of the molecule is CCOc1ccccc1[C@@H]1C[C@@H](c2ccc(F)cc2)Nc2ncnn21. The molecule has 25 heavy (non-hydrogen) atoms. The summed E-state index contributed by atoms with van der Waals surface area (Å²) in [6, 6.07) is 14.6. The van der Waals surface area contributed by atoms with Gasteiger partial charge in [0.1, 0.15) is 17.9 Å². The molecule has 0 radical (unpaired) electrons. The summed E-state index contributed by atoms with van der Waals surface area (Å²) in [5, 5.41) is 7.78. The van der Waals surface area contributed by atoms with Gasteiger partial charge in [0.15, 0.2) is 0 Å². The molecule has 0 saturated carbocycles. The number of anilines is 1. The van der Waals surface area contributed by atoms with Crippen molar-refractivity contribution in [3.8, 4) is 5.75 Å². The second kappa shape index (κ2) is 6.55. The predicted molar refractivity (Wildman–Crippen MR) is 93.2 cm³/mol. The molecule has 0 saturated heterocycles. The third-order valence-electron chi connectivity index (χ3n) is 4.48. The minimum atomic E-state index is -0.235. The van der Waals surface area contributed by atoms with Crippen molar-refractivity contribution in [2.24, 2.45) is 0 Å². The summed E-state index contributed by atoms with van der Waals surface area (Å²) < 4.78 is 21.0. The topological polar surface area (TPSA) is 52.0 Å². The molecule has 0 unspecified atom stereocenters. The first-order valence-electron chi connectivity index (χ1n) is 8.39. The van der Waals surface area contributed by atoms with Gasteiger partial charge in [-0.1, -0.05) is 30.3 Å². The van der Waals surface area contributed by atoms with Crippen molar-refractivity contribution >= 4 is 5.95 Å². The van der Waals surface area contributed by atoms with Gasteiger partial charge in [0.25, 0.3) is 0 Å². The summed E-state index contributed by atoms with van der Waals surface area (Å²) >= 11 is 0. The highest BCUT2D eigenvalue weighted by Gasteiger charge is 2.31. The number of rotatable bonds is 4. The van der Waals surface area contributed by atoms with E-state index in [4.69, 9.17) is 4.74 Å². The highest BCUT2D eigenvalue weighted by molar-refractivity contribution is 5.42. The fourth-order valence-corrected chi connectivity index (χ4v) is 3.34. The lowest BCUT2D eigenvalue weighted by atomic mass is 9.93. The van der Waals surface area contributed by atoms with Crippen LogP contribution < -0.4 is 10.1 Å². The zero-order valence-corrected chi connectivity index (χ0v) is 13.9. The van der Waals surface area contributed by atoms with Crippen LogP contribution in [0.4, 0.5) is 10.3 Å². The van der Waals surface area contributed by atoms with Crippen LogP contribution in [-0.2, 0) is 0 Å². The number of ether oxygens (including phenoxy) is 1. The second-order valence-corrected chi connectivity index (χ2v) is 6.00. The van der Waals surface area contributed by atoms with E-state index in [0.717, 1.165) is 23.3 Å². The first kappa shape index (κ1) is 15.6. The Morgan fingerprint density at radius 1 is 1.20 bits per heavy atom. The first-order valence-corrected chi connectivity index (χ1v) is 8.39. The Labute approximate surface area is 145 Å². The highest BCUT2D eigenvalue weighted by atomic mass is 19.1. The number of aromatic nitrogens is 3. The van der Waals surface area contributed by atoms with Crippen molar-refractivity contribution in [1.82, 2.24) is 14.8 Å². The summed E-state index contributed by atoms with van der Waals surface area (Å²) in [5.74, 6) is 1.33. The minimum absolute atomic E-state index is 0.00319. The van der Waals surface area contributed by atoms with Crippen molar-refractivity contribution in [3.63, 3.8) is 0 Å². The molecule has 128 valence electrons. The van der Waals surface area contributed by atoms with E-state index >= 15 is 0 Å². The van der Waals surface area contributed by atoms with E-state index in [0.29, 0.717) is 12.6 Å². The standard InChI is InChI=1S/C19H19FN4O/c1-2-25-18-6-4-3-5-15(18)17-11-16(13-7-9-14(20)10-8-13)23-19-21-12-22-24(17)19/h3-10,12,16-17H,2,11H2,1H3,(H,21,22,23)/t16-,17-/m0/s1. The zero-order valence-electron chi connectivity index (χ0n) is 13.9. The van der Waals surface area contributed by atoms with Crippen molar-refractivity contribution in [2.75, 3.05) is 11.9 Å². The van der Waals surface area contributed by atoms with Crippen LogP contribution in [0.25, 0.3) is 0 Å². The van der Waals surface area contributed by atoms with E-state index in [1.165, 1.54) is 12.1 Å². The van der Waals surface area contributed by atoms with E-state index < -0.39 is 0 Å². The van der Waals surface area contributed by atoms with E-state index in [1.54, 1.807) is 6.33 Å². The zero-order chi connectivity index (χ0) is 17.2. The van der Waals surface area contributed by atoms with Crippen LogP contribution >= 0.6 is 0 Å². The van der Waals surface area contributed by atoms with Gasteiger partial charge in [-0.3, -0.25) is 0 Å². The van der Waals surface area contributed by atoms with Gasteiger partial charge in [0.2, 0.25) is 5.95 Å². The molecule has 2 atom stereocenters. The molecule has 6 heteroatoms. The largest absolute Gasteiger partial charge is 0.494 e. The van der Waals surface area contributed by atoms with Gasteiger partial charge in [-0.25, -0.2) is 9.07 Å². The van der Waals surface area contributed by atoms with E-state index in [-0.39, 0.29) is 17.9 Å². The average Bonchev–Trinajstić information content (AvgIpc) is 3.11. The Bertz CT molecular complexity index is 862. The highest BCUT2D eigenvalue weighted by Crippen LogP contribution is 2.40. The lowest BCUT2D eigenvalue weighted by Gasteiger charge is -2.32. The van der Waals surface area contributed by atoms with Crippen LogP contribution in [0, 0.1) is 5.82 Å². The van der Waals surface area contributed by atoms with Gasteiger partial charge in [0.05, 0.1) is 18.7 Å². The van der Waals surface area contributed by atoms with E-state index in [1.807, 2.05) is 41.9 Å². The third-order valence-corrected chi connectivity index (χ3v) is 4.48. The van der Waals surface area contributed by atoms with Crippen molar-refractivity contribution < 1.29 is 9.13 Å². The summed E-state index contributed by atoms with van der Waals surface area (Å²) in [6.07, 6.45) is 2.32. The molecule has 1 N–H and O–H groups in total. The van der Waals surface area contributed by atoms with E-state index in [2.05, 4.69) is 21.5 Å². The maximum absolute atomic E-state index is 13.3. The molecule has 2 aromatic carbocycles. The van der Waals surface area contributed by atoms with Gasteiger partial charge >= 0.3 is 0 Å². The van der Waals surface area contributed by atoms with Crippen LogP contribution in [0.3, 0.4) is 0 Å². The molecular weight excluding hydrogens is 319 g/mol. The number of para-hydroxylation sites is 1. The molecule has 0 amide bonds. The first-order chi connectivity index (χ1) is 12.3. The monoisotopic (exact) mass is 338 g/mol. The molecule has 1 aliphatic rings. The summed E-state index contributed by atoms with van der Waals surface area (Å²) in [7, 11) is 0. The molecule has 0 fully saturated rings. The van der Waals surface area contributed by atoms with Crippen LogP contribution in [-0.4, -0.2) is 21.4 Å². The molecule has 0 aliphatic carbocycles. The molecule has 0 bridgehead atoms. The minimum Gasteiger partial charge on any atom is -0.494 e. The Hall–Kier alpha value is -2.89. The number of nitrogens with one attached hydrogen (secondary N) is 1. The summed E-state index contributed by atoms with van der Waals surface area (Å²) in [5.41, 5.74) is 2.10. The molecule has 3 aromatic rings. The van der Waals surface area contributed by atoms with Crippen molar-refractivity contribution in [3.05, 3.63) is 71.8 Å². The smallest absolute Gasteiger partial charge is 0.222 e.